The first kappa shape index (κ1) is 21.8. The SMILES string of the molecule is CC(C)(COCc1cccc(Oc2ccc(F)cc2)c1)c1cccc(C(F)(F)F)c1. The Morgan fingerprint density at radius 2 is 1.43 bits per heavy atom. The summed E-state index contributed by atoms with van der Waals surface area (Å²) >= 11 is 0. The molecule has 0 bridgehead atoms. The maximum absolute atomic E-state index is 13.0. The number of hydrogen-bond acceptors (Lipinski definition) is 2. The fourth-order valence-electron chi connectivity index (χ4n) is 2.96. The van der Waals surface area contributed by atoms with E-state index in [4.69, 9.17) is 9.47 Å². The molecule has 158 valence electrons. The van der Waals surface area contributed by atoms with Crippen molar-refractivity contribution in [2.75, 3.05) is 6.61 Å². The number of alkyl halides is 3. The van der Waals surface area contributed by atoms with Gasteiger partial charge in [0.2, 0.25) is 0 Å². The van der Waals surface area contributed by atoms with Gasteiger partial charge in [-0.3, -0.25) is 0 Å². The summed E-state index contributed by atoms with van der Waals surface area (Å²) in [6.07, 6.45) is -4.38. The summed E-state index contributed by atoms with van der Waals surface area (Å²) in [5.74, 6) is 0.757. The first-order chi connectivity index (χ1) is 14.1. The van der Waals surface area contributed by atoms with Crippen LogP contribution in [-0.4, -0.2) is 6.61 Å². The molecule has 0 aromatic heterocycles. The Hall–Kier alpha value is -2.86. The van der Waals surface area contributed by atoms with Gasteiger partial charge in [0.1, 0.15) is 17.3 Å². The van der Waals surface area contributed by atoms with Crippen molar-refractivity contribution in [3.63, 3.8) is 0 Å². The number of benzene rings is 3. The van der Waals surface area contributed by atoms with Gasteiger partial charge < -0.3 is 9.47 Å². The Kier molecular flexibility index (Phi) is 6.46. The molecule has 0 aliphatic carbocycles. The van der Waals surface area contributed by atoms with Gasteiger partial charge >= 0.3 is 6.18 Å². The van der Waals surface area contributed by atoms with Crippen LogP contribution in [-0.2, 0) is 22.9 Å². The van der Waals surface area contributed by atoms with Gasteiger partial charge in [-0.25, -0.2) is 4.39 Å². The second-order valence-corrected chi connectivity index (χ2v) is 7.66. The maximum atomic E-state index is 13.0. The van der Waals surface area contributed by atoms with Crippen LogP contribution in [0.5, 0.6) is 11.5 Å². The third kappa shape index (κ3) is 5.83. The summed E-state index contributed by atoms with van der Waals surface area (Å²) < 4.78 is 63.5. The molecule has 0 saturated carbocycles. The summed E-state index contributed by atoms with van der Waals surface area (Å²) in [4.78, 5) is 0. The average molecular weight is 418 g/mol. The minimum absolute atomic E-state index is 0.247. The molecule has 0 radical (unpaired) electrons. The second kappa shape index (κ2) is 8.88. The topological polar surface area (TPSA) is 18.5 Å². The Bertz CT molecular complexity index is 979. The van der Waals surface area contributed by atoms with Gasteiger partial charge in [0, 0.05) is 5.41 Å². The molecule has 0 unspecified atom stereocenters. The van der Waals surface area contributed by atoms with Crippen LogP contribution in [0.4, 0.5) is 17.6 Å². The monoisotopic (exact) mass is 418 g/mol. The van der Waals surface area contributed by atoms with Gasteiger partial charge in [0.15, 0.2) is 0 Å². The molecule has 30 heavy (non-hydrogen) atoms. The molecule has 0 fully saturated rings. The molecule has 0 atom stereocenters. The first-order valence-corrected chi connectivity index (χ1v) is 9.41. The van der Waals surface area contributed by atoms with Gasteiger partial charge in [0.25, 0.3) is 0 Å². The molecule has 3 aromatic rings. The van der Waals surface area contributed by atoms with E-state index in [1.54, 1.807) is 18.2 Å². The molecule has 2 nitrogen and oxygen atoms in total. The Balaban J connectivity index is 1.61. The van der Waals surface area contributed by atoms with Crippen molar-refractivity contribution >= 4 is 0 Å². The fraction of sp³-hybridized carbons (Fsp3) is 0.250. The second-order valence-electron chi connectivity index (χ2n) is 7.66. The van der Waals surface area contributed by atoms with Gasteiger partial charge in [-0.15, -0.1) is 0 Å². The van der Waals surface area contributed by atoms with E-state index in [1.807, 2.05) is 26.0 Å². The van der Waals surface area contributed by atoms with Crippen LogP contribution in [0.3, 0.4) is 0 Å². The number of rotatable bonds is 7. The van der Waals surface area contributed by atoms with Crippen molar-refractivity contribution in [1.82, 2.24) is 0 Å². The number of ether oxygens (including phenoxy) is 2. The van der Waals surface area contributed by atoms with Crippen molar-refractivity contribution in [3.8, 4) is 11.5 Å². The van der Waals surface area contributed by atoms with Crippen molar-refractivity contribution in [2.45, 2.75) is 32.0 Å². The van der Waals surface area contributed by atoms with Gasteiger partial charge in [-0.2, -0.15) is 13.2 Å². The number of halogens is 4. The van der Waals surface area contributed by atoms with E-state index >= 15 is 0 Å². The van der Waals surface area contributed by atoms with E-state index in [0.29, 0.717) is 17.1 Å². The molecule has 3 rings (SSSR count). The highest BCUT2D eigenvalue weighted by molar-refractivity contribution is 5.34. The molecular formula is C24H22F4O2. The van der Waals surface area contributed by atoms with E-state index in [9.17, 15) is 17.6 Å². The van der Waals surface area contributed by atoms with Crippen molar-refractivity contribution in [1.29, 1.82) is 0 Å². The van der Waals surface area contributed by atoms with Crippen molar-refractivity contribution < 1.29 is 27.0 Å². The summed E-state index contributed by atoms with van der Waals surface area (Å²) in [7, 11) is 0. The molecule has 6 heteroatoms. The minimum atomic E-state index is -4.38. The zero-order valence-electron chi connectivity index (χ0n) is 16.7. The average Bonchev–Trinajstić information content (AvgIpc) is 2.69. The van der Waals surface area contributed by atoms with Gasteiger partial charge in [-0.05, 0) is 53.6 Å². The van der Waals surface area contributed by atoms with Crippen LogP contribution < -0.4 is 4.74 Å². The molecule has 0 heterocycles. The lowest BCUT2D eigenvalue weighted by Gasteiger charge is -2.26. The third-order valence-electron chi connectivity index (χ3n) is 4.65. The maximum Gasteiger partial charge on any atom is 0.416 e. The predicted molar refractivity (Wildman–Crippen MR) is 107 cm³/mol. The lowest BCUT2D eigenvalue weighted by Crippen LogP contribution is -2.25. The van der Waals surface area contributed by atoms with E-state index in [2.05, 4.69) is 0 Å². The van der Waals surface area contributed by atoms with Crippen molar-refractivity contribution in [3.05, 3.63) is 95.3 Å². The molecule has 0 amide bonds. The van der Waals surface area contributed by atoms with Crippen LogP contribution >= 0.6 is 0 Å². The molecule has 0 saturated heterocycles. The summed E-state index contributed by atoms with van der Waals surface area (Å²) in [5.41, 5.74) is 0.155. The van der Waals surface area contributed by atoms with Crippen LogP contribution in [0.25, 0.3) is 0 Å². The third-order valence-corrected chi connectivity index (χ3v) is 4.65. The van der Waals surface area contributed by atoms with E-state index in [0.717, 1.165) is 11.6 Å². The fourth-order valence-corrected chi connectivity index (χ4v) is 2.96. The summed E-state index contributed by atoms with van der Waals surface area (Å²) in [5, 5.41) is 0. The van der Waals surface area contributed by atoms with Crippen LogP contribution in [0.2, 0.25) is 0 Å². The minimum Gasteiger partial charge on any atom is -0.457 e. The zero-order chi connectivity index (χ0) is 21.8. The Labute approximate surface area is 173 Å². The Morgan fingerprint density at radius 1 is 0.767 bits per heavy atom. The van der Waals surface area contributed by atoms with Gasteiger partial charge in [0.05, 0.1) is 18.8 Å². The molecule has 0 aliphatic heterocycles. The lowest BCUT2D eigenvalue weighted by atomic mass is 9.84. The zero-order valence-corrected chi connectivity index (χ0v) is 16.7. The molecule has 0 aliphatic rings. The van der Waals surface area contributed by atoms with Crippen LogP contribution in [0.1, 0.15) is 30.5 Å². The first-order valence-electron chi connectivity index (χ1n) is 9.41. The highest BCUT2D eigenvalue weighted by Crippen LogP contribution is 2.33. The molecule has 0 spiro atoms. The predicted octanol–water partition coefficient (Wildman–Crippen LogP) is 7.13. The quantitative estimate of drug-likeness (QED) is 0.380. The van der Waals surface area contributed by atoms with Crippen LogP contribution in [0, 0.1) is 5.82 Å². The van der Waals surface area contributed by atoms with E-state index < -0.39 is 17.2 Å². The summed E-state index contributed by atoms with van der Waals surface area (Å²) in [6.45, 7) is 4.22. The Morgan fingerprint density at radius 3 is 2.13 bits per heavy atom. The highest BCUT2D eigenvalue weighted by atomic mass is 19.4. The smallest absolute Gasteiger partial charge is 0.416 e. The largest absolute Gasteiger partial charge is 0.457 e. The lowest BCUT2D eigenvalue weighted by molar-refractivity contribution is -0.137. The van der Waals surface area contributed by atoms with Crippen LogP contribution in [0.15, 0.2) is 72.8 Å². The van der Waals surface area contributed by atoms with E-state index in [1.165, 1.54) is 36.4 Å². The van der Waals surface area contributed by atoms with E-state index in [-0.39, 0.29) is 19.0 Å². The molecule has 3 aromatic carbocycles. The summed E-state index contributed by atoms with van der Waals surface area (Å²) in [6, 6.07) is 18.3. The molecular weight excluding hydrogens is 396 g/mol. The number of hydrogen-bond donors (Lipinski definition) is 0. The van der Waals surface area contributed by atoms with Gasteiger partial charge in [-0.1, -0.05) is 44.2 Å². The standard InChI is InChI=1S/C24H22F4O2/c1-23(2,18-6-4-7-19(14-18)24(26,27)28)16-29-15-17-5-3-8-22(13-17)30-21-11-9-20(25)10-12-21/h3-14H,15-16H2,1-2H3. The van der Waals surface area contributed by atoms with Crippen molar-refractivity contribution in [2.24, 2.45) is 0 Å². The molecule has 0 N–H and O–H groups in total. The normalized spacial score (nSPS) is 12.1. The highest BCUT2D eigenvalue weighted by Gasteiger charge is 2.32.